The van der Waals surface area contributed by atoms with E-state index in [0.29, 0.717) is 5.56 Å². The van der Waals surface area contributed by atoms with Crippen LogP contribution in [0.5, 0.6) is 5.75 Å². The number of imide groups is 1. The monoisotopic (exact) mass is 296 g/mol. The Balaban J connectivity index is 1.93. The van der Waals surface area contributed by atoms with Crippen molar-refractivity contribution >= 4 is 23.2 Å². The lowest BCUT2D eigenvalue weighted by Crippen LogP contribution is -2.28. The molecule has 3 rings (SSSR count). The van der Waals surface area contributed by atoms with Gasteiger partial charge in [0.05, 0.1) is 0 Å². The number of hydrogen-bond donors (Lipinski definition) is 2. The predicted molar refractivity (Wildman–Crippen MR) is 83.4 cm³/mol. The SMILES string of the molecule is CC(=O)NC(=O)c1ccc2c(c1)N(c1ccc(O)cc1)CC2. The maximum Gasteiger partial charge on any atom is 0.257 e. The lowest BCUT2D eigenvalue weighted by Gasteiger charge is -2.20. The molecule has 0 unspecified atom stereocenters. The minimum absolute atomic E-state index is 0.220. The van der Waals surface area contributed by atoms with Crippen LogP contribution in [-0.4, -0.2) is 23.5 Å². The second kappa shape index (κ2) is 5.52. The summed E-state index contributed by atoms with van der Waals surface area (Å²) < 4.78 is 0. The van der Waals surface area contributed by atoms with Crippen molar-refractivity contribution in [3.8, 4) is 5.75 Å². The number of nitrogens with zero attached hydrogens (tertiary/aromatic N) is 1. The predicted octanol–water partition coefficient (Wildman–Crippen LogP) is 2.36. The molecule has 0 aliphatic carbocycles. The lowest BCUT2D eigenvalue weighted by atomic mass is 10.1. The largest absolute Gasteiger partial charge is 0.508 e. The van der Waals surface area contributed by atoms with Crippen LogP contribution in [0.3, 0.4) is 0 Å². The minimum atomic E-state index is -0.396. The molecule has 5 heteroatoms. The number of phenols is 1. The number of fused-ring (bicyclic) bond motifs is 1. The van der Waals surface area contributed by atoms with E-state index < -0.39 is 5.91 Å². The Morgan fingerprint density at radius 2 is 1.86 bits per heavy atom. The third-order valence-electron chi connectivity index (χ3n) is 3.69. The highest BCUT2D eigenvalue weighted by Gasteiger charge is 2.22. The Morgan fingerprint density at radius 1 is 1.14 bits per heavy atom. The molecule has 22 heavy (non-hydrogen) atoms. The summed E-state index contributed by atoms with van der Waals surface area (Å²) in [6.07, 6.45) is 0.894. The highest BCUT2D eigenvalue weighted by molar-refractivity contribution is 6.04. The first-order chi connectivity index (χ1) is 10.5. The summed E-state index contributed by atoms with van der Waals surface area (Å²) in [6.45, 7) is 2.13. The van der Waals surface area contributed by atoms with Gasteiger partial charge in [-0.3, -0.25) is 14.9 Å². The van der Waals surface area contributed by atoms with Gasteiger partial charge in [-0.05, 0) is 48.4 Å². The zero-order valence-corrected chi connectivity index (χ0v) is 12.2. The van der Waals surface area contributed by atoms with Crippen molar-refractivity contribution in [2.75, 3.05) is 11.4 Å². The summed E-state index contributed by atoms with van der Waals surface area (Å²) in [7, 11) is 0. The molecule has 0 saturated heterocycles. The molecule has 0 atom stereocenters. The van der Waals surface area contributed by atoms with Crippen molar-refractivity contribution in [2.24, 2.45) is 0 Å². The second-order valence-electron chi connectivity index (χ2n) is 5.27. The molecule has 2 N–H and O–H groups in total. The first-order valence-electron chi connectivity index (χ1n) is 7.06. The molecular formula is C17H16N2O3. The van der Waals surface area contributed by atoms with Crippen molar-refractivity contribution in [1.82, 2.24) is 5.32 Å². The molecule has 1 heterocycles. The third kappa shape index (κ3) is 2.65. The number of rotatable bonds is 2. The Bertz CT molecular complexity index is 738. The molecule has 2 amide bonds. The van der Waals surface area contributed by atoms with Gasteiger partial charge in [0.2, 0.25) is 5.91 Å². The van der Waals surface area contributed by atoms with Gasteiger partial charge >= 0.3 is 0 Å². The first kappa shape index (κ1) is 14.1. The molecule has 0 bridgehead atoms. The topological polar surface area (TPSA) is 69.6 Å². The van der Waals surface area contributed by atoms with Crippen LogP contribution in [0.25, 0.3) is 0 Å². The van der Waals surface area contributed by atoms with Crippen LogP contribution in [0.4, 0.5) is 11.4 Å². The second-order valence-corrected chi connectivity index (χ2v) is 5.27. The summed E-state index contributed by atoms with van der Waals surface area (Å²) in [5.74, 6) is -0.550. The van der Waals surface area contributed by atoms with Crippen molar-refractivity contribution in [1.29, 1.82) is 0 Å². The van der Waals surface area contributed by atoms with Gasteiger partial charge in [0, 0.05) is 30.4 Å². The van der Waals surface area contributed by atoms with Gasteiger partial charge in [-0.1, -0.05) is 6.07 Å². The van der Waals surface area contributed by atoms with Crippen LogP contribution >= 0.6 is 0 Å². The Morgan fingerprint density at radius 3 is 2.55 bits per heavy atom. The maximum atomic E-state index is 12.0. The molecule has 0 saturated carbocycles. The lowest BCUT2D eigenvalue weighted by molar-refractivity contribution is -0.118. The van der Waals surface area contributed by atoms with Crippen molar-refractivity contribution < 1.29 is 14.7 Å². The fourth-order valence-electron chi connectivity index (χ4n) is 2.65. The molecule has 2 aromatic carbocycles. The van der Waals surface area contributed by atoms with Crippen LogP contribution in [0.1, 0.15) is 22.8 Å². The van der Waals surface area contributed by atoms with E-state index >= 15 is 0 Å². The van der Waals surface area contributed by atoms with E-state index in [1.54, 1.807) is 24.3 Å². The standard InChI is InChI=1S/C17H16N2O3/c1-11(20)18-17(22)13-3-2-12-8-9-19(16(12)10-13)14-4-6-15(21)7-5-14/h2-7,10,21H,8-9H2,1H3,(H,18,20,22). The third-order valence-corrected chi connectivity index (χ3v) is 3.69. The van der Waals surface area contributed by atoms with E-state index in [1.807, 2.05) is 18.2 Å². The summed E-state index contributed by atoms with van der Waals surface area (Å²) in [5, 5.41) is 11.7. The number of carbonyl (C=O) groups is 2. The van der Waals surface area contributed by atoms with Gasteiger partial charge in [-0.15, -0.1) is 0 Å². The Hall–Kier alpha value is -2.82. The van der Waals surface area contributed by atoms with Crippen molar-refractivity contribution in [3.63, 3.8) is 0 Å². The smallest absolute Gasteiger partial charge is 0.257 e. The van der Waals surface area contributed by atoms with Crippen LogP contribution in [0.2, 0.25) is 0 Å². The quantitative estimate of drug-likeness (QED) is 0.892. The maximum absolute atomic E-state index is 12.0. The molecule has 0 spiro atoms. The number of benzene rings is 2. The molecule has 112 valence electrons. The number of anilines is 2. The van der Waals surface area contributed by atoms with E-state index in [9.17, 15) is 14.7 Å². The molecular weight excluding hydrogens is 280 g/mol. The summed E-state index contributed by atoms with van der Waals surface area (Å²) in [5.41, 5.74) is 3.54. The van der Waals surface area contributed by atoms with E-state index in [2.05, 4.69) is 10.2 Å². The van der Waals surface area contributed by atoms with Gasteiger partial charge < -0.3 is 10.0 Å². The molecule has 5 nitrogen and oxygen atoms in total. The van der Waals surface area contributed by atoms with Crippen LogP contribution in [-0.2, 0) is 11.2 Å². The fraction of sp³-hybridized carbons (Fsp3) is 0.176. The number of nitrogens with one attached hydrogen (secondary N) is 1. The zero-order chi connectivity index (χ0) is 15.7. The molecule has 1 aliphatic heterocycles. The van der Waals surface area contributed by atoms with E-state index in [-0.39, 0.29) is 11.7 Å². The summed E-state index contributed by atoms with van der Waals surface area (Å²) in [6, 6.07) is 12.4. The molecule has 0 aromatic heterocycles. The van der Waals surface area contributed by atoms with Gasteiger partial charge in [0.25, 0.3) is 5.91 Å². The fourth-order valence-corrected chi connectivity index (χ4v) is 2.65. The van der Waals surface area contributed by atoms with E-state index in [0.717, 1.165) is 29.9 Å². The normalized spacial score (nSPS) is 12.9. The molecule has 0 fully saturated rings. The summed E-state index contributed by atoms with van der Waals surface area (Å²) >= 11 is 0. The van der Waals surface area contributed by atoms with Gasteiger partial charge in [-0.25, -0.2) is 0 Å². The highest BCUT2D eigenvalue weighted by Crippen LogP contribution is 2.35. The van der Waals surface area contributed by atoms with Crippen LogP contribution < -0.4 is 10.2 Å². The van der Waals surface area contributed by atoms with E-state index in [4.69, 9.17) is 0 Å². The Labute approximate surface area is 128 Å². The number of amides is 2. The number of aromatic hydroxyl groups is 1. The highest BCUT2D eigenvalue weighted by atomic mass is 16.3. The van der Waals surface area contributed by atoms with Gasteiger partial charge in [0.15, 0.2) is 0 Å². The molecule has 0 radical (unpaired) electrons. The number of hydrogen-bond acceptors (Lipinski definition) is 4. The average Bonchev–Trinajstić information content (AvgIpc) is 2.90. The molecule has 2 aromatic rings. The van der Waals surface area contributed by atoms with Crippen LogP contribution in [0.15, 0.2) is 42.5 Å². The average molecular weight is 296 g/mol. The Kier molecular flexibility index (Phi) is 3.55. The molecule has 1 aliphatic rings. The van der Waals surface area contributed by atoms with Gasteiger partial charge in [-0.2, -0.15) is 0 Å². The zero-order valence-electron chi connectivity index (χ0n) is 12.2. The number of carbonyl (C=O) groups excluding carboxylic acids is 2. The van der Waals surface area contributed by atoms with Crippen molar-refractivity contribution in [3.05, 3.63) is 53.6 Å². The van der Waals surface area contributed by atoms with E-state index in [1.165, 1.54) is 6.92 Å². The van der Waals surface area contributed by atoms with Gasteiger partial charge in [0.1, 0.15) is 5.75 Å². The number of phenolic OH excluding ortho intramolecular Hbond substituents is 1. The summed E-state index contributed by atoms with van der Waals surface area (Å²) in [4.78, 5) is 25.1. The van der Waals surface area contributed by atoms with Crippen molar-refractivity contribution in [2.45, 2.75) is 13.3 Å². The first-order valence-corrected chi connectivity index (χ1v) is 7.06. The van der Waals surface area contributed by atoms with Crippen LogP contribution in [0, 0.1) is 0 Å². The minimum Gasteiger partial charge on any atom is -0.508 e.